The topological polar surface area (TPSA) is 9.23 Å². The van der Waals surface area contributed by atoms with Gasteiger partial charge in [-0.15, -0.1) is 12.1 Å². The summed E-state index contributed by atoms with van der Waals surface area (Å²) >= 11 is 0. The van der Waals surface area contributed by atoms with Crippen LogP contribution in [0.1, 0.15) is 18.4 Å². The molecule has 1 nitrogen and oxygen atoms in total. The minimum atomic E-state index is -1.22. The quantitative estimate of drug-likeness (QED) is 0.137. The van der Waals surface area contributed by atoms with Gasteiger partial charge in [0.25, 0.3) is 0 Å². The molecule has 0 unspecified atom stereocenters. The molecule has 3 aliphatic rings. The van der Waals surface area contributed by atoms with E-state index in [1.54, 1.807) is 0 Å². The second-order valence-electron chi connectivity index (χ2n) is 11.2. The fourth-order valence-corrected chi connectivity index (χ4v) is 5.75. The summed E-state index contributed by atoms with van der Waals surface area (Å²) in [6.07, 6.45) is 21.3. The van der Waals surface area contributed by atoms with Crippen LogP contribution in [-0.4, -0.2) is 19.4 Å². The van der Waals surface area contributed by atoms with E-state index in [2.05, 4.69) is 128 Å². The molecule has 3 heteroatoms. The number of hydrogen-bond donors (Lipinski definition) is 0. The molecular weight excluding hydrogens is 659 g/mol. The molecule has 1 heterocycles. The normalized spacial score (nSPS) is 14.6. The van der Waals surface area contributed by atoms with Crippen molar-refractivity contribution >= 4 is 28.0 Å². The van der Waals surface area contributed by atoms with E-state index in [1.807, 2.05) is 94.5 Å². The van der Waals surface area contributed by atoms with Gasteiger partial charge in [0.15, 0.2) is 0 Å². The predicted octanol–water partition coefficient (Wildman–Crippen LogP) is 7.77. The van der Waals surface area contributed by atoms with Gasteiger partial charge in [-0.1, -0.05) is 127 Å². The molecular formula is C45H45BOZr. The largest absolute Gasteiger partial charge is 2.00 e. The van der Waals surface area contributed by atoms with Crippen molar-refractivity contribution in [1.82, 2.24) is 0 Å². The third kappa shape index (κ3) is 13.1. The number of hydrogen-bond acceptors (Lipinski definition) is 1. The zero-order chi connectivity index (χ0) is 32.7. The van der Waals surface area contributed by atoms with Gasteiger partial charge in [-0.25, -0.2) is 0 Å². The molecule has 0 atom stereocenters. The molecule has 0 amide bonds. The first kappa shape index (κ1) is 39.3. The standard InChI is InChI=1S/C24H20B.C7H7.2C5H5.C4H8O.Zr/c1-5-13-21(14-6-1)25(22-15-7-2-8-16-22,23-17-9-3-10-18-23)24-19-11-4-12-20-24;1-7-5-3-2-4-6-7;3*1-2-4-5-3-1;/h1-20H;2-6H,1H2;2*1-5H;1-4H2;/q2*-1;;;;+2. The molecule has 0 N–H and O–H groups in total. The van der Waals surface area contributed by atoms with Crippen LogP contribution in [0.4, 0.5) is 0 Å². The van der Waals surface area contributed by atoms with Gasteiger partial charge in [-0.2, -0.15) is 46.5 Å². The van der Waals surface area contributed by atoms with E-state index in [-0.39, 0.29) is 26.2 Å². The summed E-state index contributed by atoms with van der Waals surface area (Å²) in [7, 11) is 0. The molecule has 8 rings (SSSR count). The van der Waals surface area contributed by atoms with Crippen molar-refractivity contribution in [3.8, 4) is 0 Å². The molecule has 0 bridgehead atoms. The van der Waals surface area contributed by atoms with E-state index >= 15 is 0 Å². The maximum Gasteiger partial charge on any atom is 2.00 e. The van der Waals surface area contributed by atoms with Crippen LogP contribution in [0, 0.1) is 71.1 Å². The smallest absolute Gasteiger partial charge is 0.381 e. The van der Waals surface area contributed by atoms with Gasteiger partial charge in [0.2, 0.25) is 0 Å². The van der Waals surface area contributed by atoms with Crippen LogP contribution in [0.25, 0.3) is 0 Å². The Bertz CT molecular complexity index is 1220. The third-order valence-electron chi connectivity index (χ3n) is 7.98. The minimum Gasteiger partial charge on any atom is -0.381 e. The Balaban J connectivity index is 0.000000217. The summed E-state index contributed by atoms with van der Waals surface area (Å²) in [4.78, 5) is 0. The van der Waals surface area contributed by atoms with Crippen LogP contribution in [-0.2, 0) is 30.9 Å². The molecule has 10 radical (unpaired) electrons. The monoisotopic (exact) mass is 702 g/mol. The maximum atomic E-state index is 4.94. The van der Waals surface area contributed by atoms with Gasteiger partial charge in [0.05, 0.1) is 0 Å². The summed E-state index contributed by atoms with van der Waals surface area (Å²) in [5.41, 5.74) is 6.43. The molecule has 0 aromatic heterocycles. The maximum absolute atomic E-state index is 4.94. The number of benzene rings is 5. The van der Waals surface area contributed by atoms with Gasteiger partial charge in [-0.3, -0.25) is 0 Å². The Labute approximate surface area is 311 Å². The second-order valence-corrected chi connectivity index (χ2v) is 11.2. The van der Waals surface area contributed by atoms with Gasteiger partial charge in [0, 0.05) is 13.2 Å². The van der Waals surface area contributed by atoms with Gasteiger partial charge >= 0.3 is 26.2 Å². The minimum absolute atomic E-state index is 0. The molecule has 0 spiro atoms. The van der Waals surface area contributed by atoms with Gasteiger partial charge in [-0.05, 0) is 77.0 Å². The van der Waals surface area contributed by atoms with Crippen LogP contribution >= 0.6 is 0 Å². The average Bonchev–Trinajstić information content (AvgIpc) is 4.00. The van der Waals surface area contributed by atoms with E-state index in [4.69, 9.17) is 4.74 Å². The first-order valence-corrected chi connectivity index (χ1v) is 16.5. The zero-order valence-corrected chi connectivity index (χ0v) is 30.2. The van der Waals surface area contributed by atoms with Gasteiger partial charge < -0.3 is 4.74 Å². The van der Waals surface area contributed by atoms with Crippen molar-refractivity contribution in [3.05, 3.63) is 228 Å². The van der Waals surface area contributed by atoms with Crippen LogP contribution in [0.15, 0.2) is 152 Å². The van der Waals surface area contributed by atoms with E-state index in [1.165, 1.54) is 34.7 Å². The summed E-state index contributed by atoms with van der Waals surface area (Å²) in [6, 6.07) is 53.4. The summed E-state index contributed by atoms with van der Waals surface area (Å²) in [6.45, 7) is 5.72. The Kier molecular flexibility index (Phi) is 19.7. The molecule has 3 fully saturated rings. The molecule has 2 saturated carbocycles. The van der Waals surface area contributed by atoms with Crippen LogP contribution in [0.3, 0.4) is 0 Å². The summed E-state index contributed by atoms with van der Waals surface area (Å²) < 4.78 is 4.94. The van der Waals surface area contributed by atoms with Crippen molar-refractivity contribution in [2.24, 2.45) is 0 Å². The van der Waals surface area contributed by atoms with E-state index in [0.29, 0.717) is 0 Å². The van der Waals surface area contributed by atoms with Crippen molar-refractivity contribution < 1.29 is 30.9 Å². The molecule has 5 aromatic rings. The number of ether oxygens (including phenoxy) is 1. The molecule has 48 heavy (non-hydrogen) atoms. The first-order valence-electron chi connectivity index (χ1n) is 16.5. The van der Waals surface area contributed by atoms with Gasteiger partial charge in [0.1, 0.15) is 6.15 Å². The Morgan fingerprint density at radius 2 is 0.583 bits per heavy atom. The van der Waals surface area contributed by atoms with E-state index in [9.17, 15) is 0 Å². The van der Waals surface area contributed by atoms with Crippen LogP contribution in [0.5, 0.6) is 0 Å². The Morgan fingerprint density at radius 3 is 0.750 bits per heavy atom. The predicted molar refractivity (Wildman–Crippen MR) is 204 cm³/mol. The fraction of sp³-hybridized carbons (Fsp3) is 0.0889. The fourth-order valence-electron chi connectivity index (χ4n) is 5.75. The van der Waals surface area contributed by atoms with Crippen LogP contribution in [0.2, 0.25) is 0 Å². The average molecular weight is 704 g/mol. The summed E-state index contributed by atoms with van der Waals surface area (Å²) in [5, 5.41) is 0. The molecule has 1 aliphatic heterocycles. The second kappa shape index (κ2) is 24.1. The molecule has 2 aliphatic carbocycles. The molecule has 238 valence electrons. The SMILES string of the molecule is C1CCOC1.[CH2-]c1ccccc1.[CH]1[CH][CH][CH][CH]1.[CH]1[CH][CH][CH][CH]1.[Zr+2].c1ccc([B-](c2ccccc2)(c2ccccc2)c2ccccc2)cc1. The van der Waals surface area contributed by atoms with Crippen LogP contribution < -0.4 is 21.9 Å². The van der Waals surface area contributed by atoms with E-state index in [0.717, 1.165) is 18.8 Å². The summed E-state index contributed by atoms with van der Waals surface area (Å²) in [5.74, 6) is 0. The van der Waals surface area contributed by atoms with E-state index < -0.39 is 6.15 Å². The van der Waals surface area contributed by atoms with Crippen molar-refractivity contribution in [3.63, 3.8) is 0 Å². The Morgan fingerprint density at radius 1 is 0.354 bits per heavy atom. The number of rotatable bonds is 4. The van der Waals surface area contributed by atoms with Crippen molar-refractivity contribution in [2.45, 2.75) is 12.8 Å². The molecule has 1 saturated heterocycles. The van der Waals surface area contributed by atoms with Crippen molar-refractivity contribution in [2.75, 3.05) is 13.2 Å². The molecule has 5 aromatic carbocycles. The Hall–Kier alpha value is -3.12. The third-order valence-corrected chi connectivity index (χ3v) is 7.98. The zero-order valence-electron chi connectivity index (χ0n) is 27.7. The first-order chi connectivity index (χ1) is 23.3. The van der Waals surface area contributed by atoms with Crippen molar-refractivity contribution in [1.29, 1.82) is 0 Å².